The summed E-state index contributed by atoms with van der Waals surface area (Å²) in [6.07, 6.45) is 7.99. The molecular formula is C14H26N4. The number of aromatic nitrogens is 2. The third-order valence-corrected chi connectivity index (χ3v) is 3.73. The minimum Gasteiger partial charge on any atom is -0.317 e. The molecule has 0 spiro atoms. The molecule has 0 bridgehead atoms. The molecule has 0 aliphatic carbocycles. The molecule has 1 fully saturated rings. The van der Waals surface area contributed by atoms with Crippen LogP contribution in [-0.2, 0) is 13.1 Å². The molecule has 1 N–H and O–H groups in total. The van der Waals surface area contributed by atoms with Crippen molar-refractivity contribution in [2.75, 3.05) is 19.6 Å². The van der Waals surface area contributed by atoms with E-state index >= 15 is 0 Å². The smallest absolute Gasteiger partial charge is 0.0534 e. The van der Waals surface area contributed by atoms with Crippen molar-refractivity contribution in [2.45, 2.75) is 52.2 Å². The Hall–Kier alpha value is -0.870. The molecule has 102 valence electrons. The molecule has 1 aliphatic rings. The highest BCUT2D eigenvalue weighted by atomic mass is 15.3. The fourth-order valence-corrected chi connectivity index (χ4v) is 2.75. The van der Waals surface area contributed by atoms with E-state index in [4.69, 9.17) is 0 Å². The first-order valence-corrected chi connectivity index (χ1v) is 7.29. The molecule has 1 aromatic rings. The molecule has 0 amide bonds. The first-order chi connectivity index (χ1) is 8.83. The summed E-state index contributed by atoms with van der Waals surface area (Å²) in [5.41, 5.74) is 1.35. The molecular weight excluding hydrogens is 224 g/mol. The monoisotopic (exact) mass is 250 g/mol. The number of hydrogen-bond donors (Lipinski definition) is 1. The van der Waals surface area contributed by atoms with Gasteiger partial charge >= 0.3 is 0 Å². The van der Waals surface area contributed by atoms with Gasteiger partial charge in [-0.15, -0.1) is 0 Å². The van der Waals surface area contributed by atoms with E-state index in [0.717, 1.165) is 19.1 Å². The minimum atomic E-state index is 0.746. The van der Waals surface area contributed by atoms with Crippen LogP contribution in [0.5, 0.6) is 0 Å². The van der Waals surface area contributed by atoms with E-state index in [0.29, 0.717) is 0 Å². The first-order valence-electron chi connectivity index (χ1n) is 7.29. The van der Waals surface area contributed by atoms with Crippen LogP contribution in [0.25, 0.3) is 0 Å². The second-order valence-electron chi connectivity index (χ2n) is 5.16. The summed E-state index contributed by atoms with van der Waals surface area (Å²) in [7, 11) is 0. The summed E-state index contributed by atoms with van der Waals surface area (Å²) in [6, 6.07) is 0.746. The summed E-state index contributed by atoms with van der Waals surface area (Å²) in [4.78, 5) is 2.64. The second-order valence-corrected chi connectivity index (χ2v) is 5.16. The van der Waals surface area contributed by atoms with Gasteiger partial charge in [-0.1, -0.05) is 6.92 Å². The quantitative estimate of drug-likeness (QED) is 0.836. The lowest BCUT2D eigenvalue weighted by Crippen LogP contribution is -2.43. The van der Waals surface area contributed by atoms with E-state index < -0.39 is 0 Å². The fourth-order valence-electron chi connectivity index (χ4n) is 2.75. The number of rotatable bonds is 6. The van der Waals surface area contributed by atoms with Crippen LogP contribution in [0.1, 0.15) is 38.7 Å². The van der Waals surface area contributed by atoms with Gasteiger partial charge in [0.1, 0.15) is 0 Å². The molecule has 4 heteroatoms. The van der Waals surface area contributed by atoms with E-state index in [1.165, 1.54) is 44.5 Å². The van der Waals surface area contributed by atoms with Crippen LogP contribution in [0.4, 0.5) is 0 Å². The van der Waals surface area contributed by atoms with Crippen molar-refractivity contribution < 1.29 is 0 Å². The van der Waals surface area contributed by atoms with Crippen LogP contribution >= 0.6 is 0 Å². The van der Waals surface area contributed by atoms with Crippen LogP contribution in [0.2, 0.25) is 0 Å². The lowest BCUT2D eigenvalue weighted by atomic mass is 10.0. The molecule has 1 aromatic heterocycles. The number of nitrogens with one attached hydrogen (secondary N) is 1. The highest BCUT2D eigenvalue weighted by molar-refractivity contribution is 5.04. The number of aryl methyl sites for hydroxylation is 1. The predicted octanol–water partition coefficient (Wildman–Crippen LogP) is 1.87. The molecule has 0 aromatic carbocycles. The van der Waals surface area contributed by atoms with Gasteiger partial charge in [0.15, 0.2) is 0 Å². The predicted molar refractivity (Wildman–Crippen MR) is 74.5 cm³/mol. The summed E-state index contributed by atoms with van der Waals surface area (Å²) >= 11 is 0. The standard InChI is InChI=1S/C14H26N4/c1-3-9-17(14-5-7-15-8-6-14)11-13-10-16-18(4-2)12-13/h10,12,14-15H,3-9,11H2,1-2H3. The third kappa shape index (κ3) is 3.56. The SMILES string of the molecule is CCCN(Cc1cnn(CC)c1)C1CCNCC1. The molecule has 1 aliphatic heterocycles. The Morgan fingerprint density at radius 1 is 1.39 bits per heavy atom. The van der Waals surface area contributed by atoms with Crippen molar-refractivity contribution in [1.82, 2.24) is 20.0 Å². The molecule has 18 heavy (non-hydrogen) atoms. The highest BCUT2D eigenvalue weighted by Crippen LogP contribution is 2.15. The van der Waals surface area contributed by atoms with Crippen molar-refractivity contribution in [2.24, 2.45) is 0 Å². The molecule has 0 saturated carbocycles. The van der Waals surface area contributed by atoms with Crippen molar-refractivity contribution in [1.29, 1.82) is 0 Å². The number of nitrogens with zero attached hydrogens (tertiary/aromatic N) is 3. The lowest BCUT2D eigenvalue weighted by molar-refractivity contribution is 0.154. The van der Waals surface area contributed by atoms with Crippen LogP contribution in [0, 0.1) is 0 Å². The molecule has 0 unspecified atom stereocenters. The van der Waals surface area contributed by atoms with Gasteiger partial charge in [-0.25, -0.2) is 0 Å². The molecule has 4 nitrogen and oxygen atoms in total. The zero-order valence-corrected chi connectivity index (χ0v) is 11.7. The van der Waals surface area contributed by atoms with Crippen molar-refractivity contribution in [3.63, 3.8) is 0 Å². The zero-order valence-electron chi connectivity index (χ0n) is 11.7. The van der Waals surface area contributed by atoms with Crippen molar-refractivity contribution >= 4 is 0 Å². The number of hydrogen-bond acceptors (Lipinski definition) is 3. The van der Waals surface area contributed by atoms with Crippen molar-refractivity contribution in [3.8, 4) is 0 Å². The largest absolute Gasteiger partial charge is 0.317 e. The third-order valence-electron chi connectivity index (χ3n) is 3.73. The summed E-state index contributed by atoms with van der Waals surface area (Å²) in [5, 5.41) is 7.82. The van der Waals surface area contributed by atoms with E-state index in [-0.39, 0.29) is 0 Å². The average molecular weight is 250 g/mol. The molecule has 2 rings (SSSR count). The Morgan fingerprint density at radius 2 is 2.17 bits per heavy atom. The Kier molecular flexibility index (Phi) is 5.20. The van der Waals surface area contributed by atoms with E-state index in [9.17, 15) is 0 Å². The Bertz CT molecular complexity index is 341. The maximum absolute atomic E-state index is 4.37. The van der Waals surface area contributed by atoms with Crippen LogP contribution in [-0.4, -0.2) is 40.4 Å². The maximum Gasteiger partial charge on any atom is 0.0534 e. The van der Waals surface area contributed by atoms with Gasteiger partial charge in [0.05, 0.1) is 6.20 Å². The van der Waals surface area contributed by atoms with Gasteiger partial charge in [-0.2, -0.15) is 5.10 Å². The molecule has 0 radical (unpaired) electrons. The van der Waals surface area contributed by atoms with E-state index in [2.05, 4.69) is 35.4 Å². The Morgan fingerprint density at radius 3 is 2.78 bits per heavy atom. The summed E-state index contributed by atoms with van der Waals surface area (Å²) in [6.45, 7) is 9.94. The maximum atomic E-state index is 4.37. The van der Waals surface area contributed by atoms with Crippen molar-refractivity contribution in [3.05, 3.63) is 18.0 Å². The van der Waals surface area contributed by atoms with Gasteiger partial charge in [-0.3, -0.25) is 9.58 Å². The van der Waals surface area contributed by atoms with Crippen LogP contribution in [0.15, 0.2) is 12.4 Å². The first kappa shape index (κ1) is 13.6. The number of piperidine rings is 1. The van der Waals surface area contributed by atoms with Crippen LogP contribution < -0.4 is 5.32 Å². The summed E-state index contributed by atoms with van der Waals surface area (Å²) < 4.78 is 2.02. The molecule has 2 heterocycles. The van der Waals surface area contributed by atoms with E-state index in [1.54, 1.807) is 0 Å². The van der Waals surface area contributed by atoms with Crippen LogP contribution in [0.3, 0.4) is 0 Å². The Labute approximate surface area is 110 Å². The van der Waals surface area contributed by atoms with E-state index in [1.807, 2.05) is 10.9 Å². The second kappa shape index (κ2) is 6.90. The Balaban J connectivity index is 1.95. The average Bonchev–Trinajstić information content (AvgIpc) is 2.87. The molecule has 0 atom stereocenters. The lowest BCUT2D eigenvalue weighted by Gasteiger charge is -2.34. The summed E-state index contributed by atoms with van der Waals surface area (Å²) in [5.74, 6) is 0. The molecule has 1 saturated heterocycles. The van der Waals surface area contributed by atoms with Gasteiger partial charge in [0.2, 0.25) is 0 Å². The zero-order chi connectivity index (χ0) is 12.8. The van der Waals surface area contributed by atoms with Gasteiger partial charge < -0.3 is 5.32 Å². The topological polar surface area (TPSA) is 33.1 Å². The highest BCUT2D eigenvalue weighted by Gasteiger charge is 2.20. The van der Waals surface area contributed by atoms with Gasteiger partial charge in [-0.05, 0) is 45.8 Å². The minimum absolute atomic E-state index is 0.746. The van der Waals surface area contributed by atoms with Gasteiger partial charge in [0, 0.05) is 30.9 Å². The van der Waals surface area contributed by atoms with Gasteiger partial charge in [0.25, 0.3) is 0 Å². The normalized spacial score (nSPS) is 17.5. The fraction of sp³-hybridized carbons (Fsp3) is 0.786.